The van der Waals surface area contributed by atoms with Crippen molar-refractivity contribution in [2.75, 3.05) is 6.61 Å². The molecule has 2 N–H and O–H groups in total. The Morgan fingerprint density at radius 1 is 1.11 bits per heavy atom. The molecule has 0 aromatic carbocycles. The van der Waals surface area contributed by atoms with Gasteiger partial charge >= 0.3 is 5.97 Å². The van der Waals surface area contributed by atoms with E-state index in [-0.39, 0.29) is 0 Å². The number of hydrogen-bond acceptors (Lipinski definition) is 4. The number of carbonyl (C=O) groups is 1. The van der Waals surface area contributed by atoms with Gasteiger partial charge in [-0.05, 0) is 43.9 Å². The van der Waals surface area contributed by atoms with Gasteiger partial charge in [-0.2, -0.15) is 5.10 Å². The van der Waals surface area contributed by atoms with Crippen molar-refractivity contribution in [2.24, 2.45) is 5.41 Å². The van der Waals surface area contributed by atoms with Gasteiger partial charge in [0, 0.05) is 6.20 Å². The van der Waals surface area contributed by atoms with E-state index in [9.17, 15) is 9.90 Å². The molecule has 0 amide bonds. The van der Waals surface area contributed by atoms with Gasteiger partial charge in [-0.1, -0.05) is 38.5 Å². The molecule has 2 aromatic rings. The van der Waals surface area contributed by atoms with E-state index >= 15 is 0 Å². The first kappa shape index (κ1) is 19.4. The highest BCUT2D eigenvalue weighted by molar-refractivity contribution is 5.74. The average Bonchev–Trinajstić information content (AvgIpc) is 3.37. The topological polar surface area (TPSA) is 88.1 Å². The second kappa shape index (κ2) is 9.53. The highest BCUT2D eigenvalue weighted by Crippen LogP contribution is 2.42. The van der Waals surface area contributed by atoms with Gasteiger partial charge in [0.1, 0.15) is 5.75 Å². The molecule has 1 saturated carbocycles. The molecule has 0 bridgehead atoms. The number of aliphatic carboxylic acids is 1. The van der Waals surface area contributed by atoms with Gasteiger partial charge in [0.25, 0.3) is 0 Å². The summed E-state index contributed by atoms with van der Waals surface area (Å²) >= 11 is 0. The molecule has 1 aliphatic carbocycles. The van der Waals surface area contributed by atoms with Crippen molar-refractivity contribution in [2.45, 2.75) is 64.2 Å². The summed E-state index contributed by atoms with van der Waals surface area (Å²) in [6.45, 7) is 0.685. The fraction of sp³-hybridized carbons (Fsp3) is 0.571. The molecule has 3 rings (SSSR count). The number of pyridine rings is 1. The molecule has 6 nitrogen and oxygen atoms in total. The lowest BCUT2D eigenvalue weighted by molar-refractivity contribution is -0.149. The zero-order valence-electron chi connectivity index (χ0n) is 15.8. The Morgan fingerprint density at radius 2 is 1.89 bits per heavy atom. The maximum Gasteiger partial charge on any atom is 0.309 e. The van der Waals surface area contributed by atoms with E-state index in [1.807, 2.05) is 18.2 Å². The molecule has 6 heteroatoms. The van der Waals surface area contributed by atoms with Crippen LogP contribution in [0, 0.1) is 5.41 Å². The molecular weight excluding hydrogens is 342 g/mol. The Bertz CT molecular complexity index is 692. The first-order chi connectivity index (χ1) is 13.2. The van der Waals surface area contributed by atoms with Crippen LogP contribution in [0.15, 0.2) is 30.6 Å². The Kier molecular flexibility index (Phi) is 6.85. The molecule has 0 aliphatic heterocycles. The third-order valence-electron chi connectivity index (χ3n) is 5.60. The second-order valence-corrected chi connectivity index (χ2v) is 7.51. The van der Waals surface area contributed by atoms with Crippen LogP contribution in [0.1, 0.15) is 64.2 Å². The first-order valence-corrected chi connectivity index (χ1v) is 10.0. The molecule has 27 heavy (non-hydrogen) atoms. The van der Waals surface area contributed by atoms with E-state index in [0.717, 1.165) is 81.3 Å². The van der Waals surface area contributed by atoms with Crippen molar-refractivity contribution in [1.29, 1.82) is 0 Å². The lowest BCUT2D eigenvalue weighted by Crippen LogP contribution is -2.27. The van der Waals surface area contributed by atoms with Crippen LogP contribution in [-0.2, 0) is 4.79 Å². The summed E-state index contributed by atoms with van der Waals surface area (Å²) in [5.41, 5.74) is 1.32. The zero-order chi connectivity index (χ0) is 19.0. The van der Waals surface area contributed by atoms with Crippen LogP contribution < -0.4 is 4.74 Å². The van der Waals surface area contributed by atoms with Gasteiger partial charge in [0.05, 0.1) is 29.6 Å². The molecule has 0 unspecified atom stereocenters. The zero-order valence-corrected chi connectivity index (χ0v) is 15.8. The van der Waals surface area contributed by atoms with Crippen LogP contribution >= 0.6 is 0 Å². The van der Waals surface area contributed by atoms with E-state index in [2.05, 4.69) is 15.2 Å². The quantitative estimate of drug-likeness (QED) is 0.552. The van der Waals surface area contributed by atoms with Crippen LogP contribution in [0.25, 0.3) is 11.4 Å². The number of unbranched alkanes of at least 4 members (excludes halogenated alkanes) is 4. The van der Waals surface area contributed by atoms with Crippen LogP contribution in [0.3, 0.4) is 0 Å². The molecule has 0 spiro atoms. The predicted molar refractivity (Wildman–Crippen MR) is 104 cm³/mol. The number of aromatic nitrogens is 3. The number of carboxylic acids is 1. The van der Waals surface area contributed by atoms with E-state index in [4.69, 9.17) is 4.74 Å². The number of aromatic amines is 1. The maximum atomic E-state index is 11.5. The highest BCUT2D eigenvalue weighted by atomic mass is 16.5. The monoisotopic (exact) mass is 371 g/mol. The molecule has 0 radical (unpaired) electrons. The Hall–Kier alpha value is -2.37. The summed E-state index contributed by atoms with van der Waals surface area (Å²) < 4.78 is 5.75. The molecule has 0 atom stereocenters. The molecule has 2 aromatic heterocycles. The minimum atomic E-state index is -0.583. The fourth-order valence-corrected chi connectivity index (χ4v) is 3.93. The number of hydrogen-bond donors (Lipinski definition) is 2. The number of nitrogens with zero attached hydrogens (tertiary/aromatic N) is 2. The average molecular weight is 371 g/mol. The third-order valence-corrected chi connectivity index (χ3v) is 5.60. The smallest absolute Gasteiger partial charge is 0.309 e. The molecule has 1 fully saturated rings. The standard InChI is InChI=1S/C21H29N3O3/c25-20(26)21(12-5-6-13-21)11-4-2-1-3-7-15-27-17-8-9-18(22-16-17)19-10-14-23-24-19/h8-10,14,16H,1-7,11-13,15H2,(H,23,24)(H,25,26). The summed E-state index contributed by atoms with van der Waals surface area (Å²) in [5.74, 6) is 0.198. The van der Waals surface area contributed by atoms with Crippen LogP contribution in [-0.4, -0.2) is 32.9 Å². The normalized spacial score (nSPS) is 15.7. The van der Waals surface area contributed by atoms with Gasteiger partial charge in [-0.25, -0.2) is 0 Å². The number of H-pyrrole nitrogens is 1. The Labute approximate surface area is 160 Å². The molecular formula is C21H29N3O3. The van der Waals surface area contributed by atoms with Crippen molar-refractivity contribution in [3.05, 3.63) is 30.6 Å². The Morgan fingerprint density at radius 3 is 2.56 bits per heavy atom. The number of nitrogens with one attached hydrogen (secondary N) is 1. The SMILES string of the molecule is O=C(O)C1(CCCCCCCOc2ccc(-c3ccn[nH]3)nc2)CCCC1. The van der Waals surface area contributed by atoms with E-state index in [1.165, 1.54) is 0 Å². The minimum Gasteiger partial charge on any atom is -0.492 e. The molecule has 0 saturated heterocycles. The Balaban J connectivity index is 1.26. The van der Waals surface area contributed by atoms with Crippen LogP contribution in [0.5, 0.6) is 5.75 Å². The van der Waals surface area contributed by atoms with Crippen molar-refractivity contribution >= 4 is 5.97 Å². The minimum absolute atomic E-state index is 0.418. The number of rotatable bonds is 11. The summed E-state index contributed by atoms with van der Waals surface area (Å²) in [6.07, 6.45) is 13.5. The van der Waals surface area contributed by atoms with E-state index < -0.39 is 11.4 Å². The van der Waals surface area contributed by atoms with Crippen molar-refractivity contribution in [3.63, 3.8) is 0 Å². The van der Waals surface area contributed by atoms with Crippen molar-refractivity contribution < 1.29 is 14.6 Å². The highest BCUT2D eigenvalue weighted by Gasteiger charge is 2.40. The molecule has 1 aliphatic rings. The van der Waals surface area contributed by atoms with Crippen molar-refractivity contribution in [3.8, 4) is 17.1 Å². The predicted octanol–water partition coefficient (Wildman–Crippen LogP) is 4.84. The van der Waals surface area contributed by atoms with Crippen molar-refractivity contribution in [1.82, 2.24) is 15.2 Å². The third kappa shape index (κ3) is 5.31. The summed E-state index contributed by atoms with van der Waals surface area (Å²) in [7, 11) is 0. The lowest BCUT2D eigenvalue weighted by Gasteiger charge is -2.23. The van der Waals surface area contributed by atoms with Gasteiger partial charge in [-0.15, -0.1) is 0 Å². The molecule has 2 heterocycles. The maximum absolute atomic E-state index is 11.5. The summed E-state index contributed by atoms with van der Waals surface area (Å²) in [4.78, 5) is 15.9. The number of ether oxygens (including phenoxy) is 1. The number of carboxylic acid groups (broad SMARTS) is 1. The van der Waals surface area contributed by atoms with E-state index in [1.54, 1.807) is 12.4 Å². The van der Waals surface area contributed by atoms with Crippen LogP contribution in [0.2, 0.25) is 0 Å². The fourth-order valence-electron chi connectivity index (χ4n) is 3.93. The van der Waals surface area contributed by atoms with Gasteiger partial charge in [-0.3, -0.25) is 14.9 Å². The second-order valence-electron chi connectivity index (χ2n) is 7.51. The molecule has 146 valence electrons. The van der Waals surface area contributed by atoms with Gasteiger partial charge in [0.15, 0.2) is 0 Å². The van der Waals surface area contributed by atoms with Crippen LogP contribution in [0.4, 0.5) is 0 Å². The first-order valence-electron chi connectivity index (χ1n) is 10.0. The van der Waals surface area contributed by atoms with Gasteiger partial charge in [0.2, 0.25) is 0 Å². The summed E-state index contributed by atoms with van der Waals surface area (Å²) in [5, 5.41) is 16.3. The van der Waals surface area contributed by atoms with E-state index in [0.29, 0.717) is 6.61 Å². The summed E-state index contributed by atoms with van der Waals surface area (Å²) in [6, 6.07) is 5.73. The lowest BCUT2D eigenvalue weighted by atomic mass is 9.81. The largest absolute Gasteiger partial charge is 0.492 e. The van der Waals surface area contributed by atoms with Gasteiger partial charge < -0.3 is 9.84 Å².